The van der Waals surface area contributed by atoms with Gasteiger partial charge in [0.2, 0.25) is 0 Å². The molecule has 0 saturated heterocycles. The number of hydrogen-bond donors (Lipinski definition) is 0. The molecule has 5 heteroatoms. The predicted molar refractivity (Wildman–Crippen MR) is 57.2 cm³/mol. The lowest BCUT2D eigenvalue weighted by molar-refractivity contribution is -0.141. The summed E-state index contributed by atoms with van der Waals surface area (Å²) in [5, 5.41) is 0. The summed E-state index contributed by atoms with van der Waals surface area (Å²) >= 11 is 0. The summed E-state index contributed by atoms with van der Waals surface area (Å²) in [7, 11) is 1.36. The zero-order valence-corrected chi connectivity index (χ0v) is 10.1. The molecule has 0 fully saturated rings. The van der Waals surface area contributed by atoms with E-state index in [4.69, 9.17) is 0 Å². The Labute approximate surface area is 94.1 Å². The predicted octanol–water partition coefficient (Wildman–Crippen LogP) is 2.65. The summed E-state index contributed by atoms with van der Waals surface area (Å²) in [5.41, 5.74) is -0.487. The first-order valence-electron chi connectivity index (χ1n) is 4.98. The molecule has 0 saturated carbocycles. The number of rotatable bonds is 4. The molecule has 0 bridgehead atoms. The van der Waals surface area contributed by atoms with E-state index >= 15 is 0 Å². The molecule has 16 heavy (non-hydrogen) atoms. The number of nitrogens with zero attached hydrogens (tertiary/aromatic N) is 1. The van der Waals surface area contributed by atoms with E-state index in [1.54, 1.807) is 20.8 Å². The quantitative estimate of drug-likeness (QED) is 0.700. The molecular formula is C11H18F3NO. The highest BCUT2D eigenvalue weighted by Crippen LogP contribution is 2.16. The van der Waals surface area contributed by atoms with Gasteiger partial charge in [-0.25, -0.2) is 0 Å². The molecule has 94 valence electrons. The highest BCUT2D eigenvalue weighted by Gasteiger charge is 2.28. The van der Waals surface area contributed by atoms with E-state index in [9.17, 15) is 18.0 Å². The summed E-state index contributed by atoms with van der Waals surface area (Å²) < 4.78 is 35.8. The first kappa shape index (κ1) is 15.2. The molecule has 0 atom stereocenters. The van der Waals surface area contributed by atoms with Crippen LogP contribution < -0.4 is 0 Å². The first-order valence-corrected chi connectivity index (χ1v) is 4.98. The molecule has 0 rings (SSSR count). The number of carbonyl (C=O) groups excluding carboxylic acids is 1. The topological polar surface area (TPSA) is 20.3 Å². The van der Waals surface area contributed by atoms with Crippen molar-refractivity contribution >= 4 is 5.78 Å². The molecule has 0 amide bonds. The zero-order valence-electron chi connectivity index (χ0n) is 10.1. The van der Waals surface area contributed by atoms with Gasteiger partial charge in [0.1, 0.15) is 0 Å². The van der Waals surface area contributed by atoms with Gasteiger partial charge in [0.25, 0.3) is 0 Å². The maximum absolute atomic E-state index is 11.9. The SMILES string of the molecule is CN(C/C=C/C(=O)C(C)(C)C)CC(F)(F)F. The van der Waals surface area contributed by atoms with Crippen LogP contribution >= 0.6 is 0 Å². The average molecular weight is 237 g/mol. The van der Waals surface area contributed by atoms with Gasteiger partial charge in [-0.1, -0.05) is 26.8 Å². The molecule has 0 aliphatic carbocycles. The van der Waals surface area contributed by atoms with Crippen molar-refractivity contribution in [2.24, 2.45) is 5.41 Å². The first-order chi connectivity index (χ1) is 7.02. The fraction of sp³-hybridized carbons (Fsp3) is 0.727. The van der Waals surface area contributed by atoms with Crippen molar-refractivity contribution in [1.82, 2.24) is 4.90 Å². The zero-order chi connectivity index (χ0) is 13.0. The maximum atomic E-state index is 11.9. The number of alkyl halides is 3. The minimum absolute atomic E-state index is 0.0899. The Morgan fingerprint density at radius 3 is 2.12 bits per heavy atom. The van der Waals surface area contributed by atoms with Crippen LogP contribution in [0.15, 0.2) is 12.2 Å². The molecule has 2 nitrogen and oxygen atoms in total. The van der Waals surface area contributed by atoms with Crippen LogP contribution in [-0.2, 0) is 4.79 Å². The molecule has 0 aromatic rings. The fourth-order valence-electron chi connectivity index (χ4n) is 0.960. The Kier molecular flexibility index (Phi) is 5.19. The number of halogens is 3. The molecule has 0 spiro atoms. The van der Waals surface area contributed by atoms with Crippen molar-refractivity contribution in [2.45, 2.75) is 26.9 Å². The lowest BCUT2D eigenvalue weighted by atomic mass is 9.91. The lowest BCUT2D eigenvalue weighted by Gasteiger charge is -2.17. The normalized spacial score (nSPS) is 13.8. The molecular weight excluding hydrogens is 219 g/mol. The van der Waals surface area contributed by atoms with E-state index < -0.39 is 18.1 Å². The van der Waals surface area contributed by atoms with E-state index in [-0.39, 0.29) is 12.3 Å². The van der Waals surface area contributed by atoms with Crippen molar-refractivity contribution < 1.29 is 18.0 Å². The average Bonchev–Trinajstić information content (AvgIpc) is 1.98. The second-order valence-electron chi connectivity index (χ2n) is 4.83. The van der Waals surface area contributed by atoms with Gasteiger partial charge in [0.15, 0.2) is 5.78 Å². The Morgan fingerprint density at radius 2 is 1.75 bits per heavy atom. The summed E-state index contributed by atoms with van der Waals surface area (Å²) in [6, 6.07) is 0. The van der Waals surface area contributed by atoms with Crippen LogP contribution in [0.25, 0.3) is 0 Å². The third kappa shape index (κ3) is 7.45. The monoisotopic (exact) mass is 237 g/mol. The second-order valence-corrected chi connectivity index (χ2v) is 4.83. The number of carbonyl (C=O) groups is 1. The fourth-order valence-corrected chi connectivity index (χ4v) is 0.960. The largest absolute Gasteiger partial charge is 0.401 e. The summed E-state index contributed by atoms with van der Waals surface area (Å²) in [6.45, 7) is 4.43. The van der Waals surface area contributed by atoms with Crippen LogP contribution in [-0.4, -0.2) is 37.0 Å². The third-order valence-corrected chi connectivity index (χ3v) is 1.87. The molecule has 0 aliphatic heterocycles. The van der Waals surface area contributed by atoms with Crippen LogP contribution in [0.3, 0.4) is 0 Å². The smallest absolute Gasteiger partial charge is 0.294 e. The van der Waals surface area contributed by atoms with E-state index in [1.807, 2.05) is 0 Å². The lowest BCUT2D eigenvalue weighted by Crippen LogP contribution is -2.31. The third-order valence-electron chi connectivity index (χ3n) is 1.87. The highest BCUT2D eigenvalue weighted by molar-refractivity contribution is 5.93. The van der Waals surface area contributed by atoms with Gasteiger partial charge in [-0.3, -0.25) is 9.69 Å². The van der Waals surface area contributed by atoms with Crippen LogP contribution in [0, 0.1) is 5.41 Å². The Balaban J connectivity index is 4.07. The van der Waals surface area contributed by atoms with Gasteiger partial charge in [-0.2, -0.15) is 13.2 Å². The van der Waals surface area contributed by atoms with Crippen LogP contribution in [0.2, 0.25) is 0 Å². The van der Waals surface area contributed by atoms with Gasteiger partial charge in [0.05, 0.1) is 6.54 Å². The van der Waals surface area contributed by atoms with Gasteiger partial charge >= 0.3 is 6.18 Å². The van der Waals surface area contributed by atoms with Gasteiger partial charge < -0.3 is 0 Å². The Morgan fingerprint density at radius 1 is 1.25 bits per heavy atom. The van der Waals surface area contributed by atoms with Crippen LogP contribution in [0.5, 0.6) is 0 Å². The Hall–Kier alpha value is -0.840. The number of hydrogen-bond acceptors (Lipinski definition) is 2. The molecule has 0 N–H and O–H groups in total. The highest BCUT2D eigenvalue weighted by atomic mass is 19.4. The van der Waals surface area contributed by atoms with Crippen LogP contribution in [0.4, 0.5) is 13.2 Å². The number of likely N-dealkylation sites (N-methyl/N-ethyl adjacent to an activating group) is 1. The van der Waals surface area contributed by atoms with Crippen LogP contribution in [0.1, 0.15) is 20.8 Å². The number of allylic oxidation sites excluding steroid dienone is 1. The van der Waals surface area contributed by atoms with Gasteiger partial charge in [0, 0.05) is 12.0 Å². The number of ketones is 1. The van der Waals surface area contributed by atoms with E-state index in [0.717, 1.165) is 4.90 Å². The molecule has 0 aromatic heterocycles. The summed E-state index contributed by atoms with van der Waals surface area (Å²) in [6.07, 6.45) is -1.40. The summed E-state index contributed by atoms with van der Waals surface area (Å²) in [5.74, 6) is -0.0899. The molecule has 0 radical (unpaired) electrons. The maximum Gasteiger partial charge on any atom is 0.401 e. The van der Waals surface area contributed by atoms with Crippen molar-refractivity contribution in [1.29, 1.82) is 0 Å². The van der Waals surface area contributed by atoms with E-state index in [2.05, 4.69) is 0 Å². The minimum Gasteiger partial charge on any atom is -0.294 e. The molecule has 0 aliphatic rings. The molecule has 0 heterocycles. The summed E-state index contributed by atoms with van der Waals surface area (Å²) in [4.78, 5) is 12.5. The van der Waals surface area contributed by atoms with Crippen molar-refractivity contribution in [2.75, 3.05) is 20.1 Å². The standard InChI is InChI=1S/C11H18F3NO/c1-10(2,3)9(16)6-5-7-15(4)8-11(12,13)14/h5-6H,7-8H2,1-4H3/b6-5+. The van der Waals surface area contributed by atoms with E-state index in [1.165, 1.54) is 19.2 Å². The van der Waals surface area contributed by atoms with Crippen molar-refractivity contribution in [3.63, 3.8) is 0 Å². The van der Waals surface area contributed by atoms with Crippen molar-refractivity contribution in [3.8, 4) is 0 Å². The van der Waals surface area contributed by atoms with Crippen molar-refractivity contribution in [3.05, 3.63) is 12.2 Å². The van der Waals surface area contributed by atoms with Gasteiger partial charge in [-0.05, 0) is 13.1 Å². The molecule has 0 unspecified atom stereocenters. The van der Waals surface area contributed by atoms with Gasteiger partial charge in [-0.15, -0.1) is 0 Å². The second kappa shape index (κ2) is 5.48. The minimum atomic E-state index is -4.20. The van der Waals surface area contributed by atoms with E-state index in [0.29, 0.717) is 0 Å². The molecule has 0 aromatic carbocycles. The Bertz CT molecular complexity index is 263.